The van der Waals surface area contributed by atoms with E-state index in [4.69, 9.17) is 19.3 Å². The second-order valence-corrected chi connectivity index (χ2v) is 9.49. The van der Waals surface area contributed by atoms with Crippen LogP contribution in [0.25, 0.3) is 21.5 Å². The number of nitrogens with one attached hydrogen (secondary N) is 1. The van der Waals surface area contributed by atoms with Crippen molar-refractivity contribution in [2.24, 2.45) is 5.73 Å². The SMILES string of the molecule is C=CCc1ccccc1OCc1ccc(C(=O)Nc2c(C(N)=O)sc3nc(C(F)(F)F)cc(-c4ccco4)c23)o1. The van der Waals surface area contributed by atoms with E-state index < -0.39 is 23.7 Å². The summed E-state index contributed by atoms with van der Waals surface area (Å²) >= 11 is 0.627. The van der Waals surface area contributed by atoms with Gasteiger partial charge in [0, 0.05) is 10.9 Å². The van der Waals surface area contributed by atoms with Crippen LogP contribution in [0.2, 0.25) is 0 Å². The molecule has 1 aromatic carbocycles. The quantitative estimate of drug-likeness (QED) is 0.189. The molecule has 0 aliphatic heterocycles. The highest BCUT2D eigenvalue weighted by molar-refractivity contribution is 7.21. The number of anilines is 1. The molecule has 0 aliphatic carbocycles. The van der Waals surface area contributed by atoms with Gasteiger partial charge in [0.15, 0.2) is 5.76 Å². The van der Waals surface area contributed by atoms with Gasteiger partial charge >= 0.3 is 6.18 Å². The minimum absolute atomic E-state index is 0.0203. The van der Waals surface area contributed by atoms with Crippen LogP contribution in [0.4, 0.5) is 18.9 Å². The van der Waals surface area contributed by atoms with Crippen LogP contribution in [-0.2, 0) is 19.2 Å². The van der Waals surface area contributed by atoms with Crippen LogP contribution >= 0.6 is 11.3 Å². The van der Waals surface area contributed by atoms with Gasteiger partial charge in [0.2, 0.25) is 0 Å². The first-order valence-corrected chi connectivity index (χ1v) is 12.6. The van der Waals surface area contributed by atoms with Crippen molar-refractivity contribution in [3.8, 4) is 17.1 Å². The first-order chi connectivity index (χ1) is 19.2. The highest BCUT2D eigenvalue weighted by Crippen LogP contribution is 2.44. The van der Waals surface area contributed by atoms with Crippen LogP contribution in [0.3, 0.4) is 0 Å². The average molecular weight is 568 g/mol. The van der Waals surface area contributed by atoms with Crippen LogP contribution in [0, 0.1) is 0 Å². The van der Waals surface area contributed by atoms with Gasteiger partial charge in [-0.15, -0.1) is 17.9 Å². The first kappa shape index (κ1) is 26.8. The summed E-state index contributed by atoms with van der Waals surface area (Å²) in [7, 11) is 0. The maximum Gasteiger partial charge on any atom is 0.433 e. The number of ether oxygens (including phenoxy) is 1. The Morgan fingerprint density at radius 1 is 1.15 bits per heavy atom. The summed E-state index contributed by atoms with van der Waals surface area (Å²) in [6, 6.07) is 14.1. The summed E-state index contributed by atoms with van der Waals surface area (Å²) in [5, 5.41) is 2.64. The zero-order chi connectivity index (χ0) is 28.4. The summed E-state index contributed by atoms with van der Waals surface area (Å²) in [6.07, 6.45) is -1.12. The van der Waals surface area contributed by atoms with Crippen molar-refractivity contribution in [1.29, 1.82) is 0 Å². The van der Waals surface area contributed by atoms with E-state index in [1.54, 1.807) is 18.2 Å². The van der Waals surface area contributed by atoms with E-state index in [-0.39, 0.29) is 44.5 Å². The van der Waals surface area contributed by atoms with Crippen molar-refractivity contribution in [3.63, 3.8) is 0 Å². The maximum atomic E-state index is 13.6. The standard InChI is InChI=1S/C28H20F3N3O5S/c1-2-6-15-7-3-4-8-18(15)38-14-16-10-11-20(39-16)26(36)34-23-22-17(19-9-5-12-37-19)13-21(28(29,30)31)33-27(22)40-24(23)25(32)35/h2-5,7-13H,1,6,14H2,(H2,32,35)(H,34,36). The molecule has 5 rings (SSSR count). The van der Waals surface area contributed by atoms with Gasteiger partial charge in [0.25, 0.3) is 11.8 Å². The molecule has 3 N–H and O–H groups in total. The number of para-hydroxylation sites is 1. The number of primary amides is 1. The first-order valence-electron chi connectivity index (χ1n) is 11.8. The molecule has 0 atom stereocenters. The molecule has 8 nitrogen and oxygen atoms in total. The molecule has 204 valence electrons. The number of rotatable bonds is 9. The van der Waals surface area contributed by atoms with E-state index in [0.717, 1.165) is 11.6 Å². The Morgan fingerprint density at radius 2 is 1.95 bits per heavy atom. The van der Waals surface area contributed by atoms with Crippen molar-refractivity contribution >= 4 is 39.1 Å². The predicted octanol–water partition coefficient (Wildman–Crippen LogP) is 6.83. The lowest BCUT2D eigenvalue weighted by Crippen LogP contribution is -2.16. The Balaban J connectivity index is 1.47. The molecule has 0 saturated carbocycles. The second kappa shape index (κ2) is 10.7. The number of benzene rings is 1. The molecule has 4 aromatic heterocycles. The number of alkyl halides is 3. The van der Waals surface area contributed by atoms with Crippen molar-refractivity contribution < 1.29 is 36.3 Å². The number of halogens is 3. The van der Waals surface area contributed by atoms with Crippen LogP contribution in [0.5, 0.6) is 5.75 Å². The summed E-state index contributed by atoms with van der Waals surface area (Å²) < 4.78 is 57.6. The zero-order valence-electron chi connectivity index (χ0n) is 20.6. The van der Waals surface area contributed by atoms with E-state index in [0.29, 0.717) is 29.3 Å². The third-order valence-corrected chi connectivity index (χ3v) is 6.89. The number of nitrogens with two attached hydrogens (primary N) is 1. The number of hydrogen-bond acceptors (Lipinski definition) is 7. The van der Waals surface area contributed by atoms with Crippen molar-refractivity contribution in [2.45, 2.75) is 19.2 Å². The molecule has 0 aliphatic rings. The van der Waals surface area contributed by atoms with Gasteiger partial charge in [0.05, 0.1) is 12.0 Å². The van der Waals surface area contributed by atoms with Crippen LogP contribution in [-0.4, -0.2) is 16.8 Å². The Hall–Kier alpha value is -4.84. The van der Waals surface area contributed by atoms with Gasteiger partial charge < -0.3 is 24.6 Å². The van der Waals surface area contributed by atoms with Gasteiger partial charge in [-0.25, -0.2) is 4.98 Å². The Morgan fingerprint density at radius 3 is 2.65 bits per heavy atom. The summed E-state index contributed by atoms with van der Waals surface area (Å²) in [5.41, 5.74) is 5.14. The number of nitrogens with zero attached hydrogens (tertiary/aromatic N) is 1. The highest BCUT2D eigenvalue weighted by Gasteiger charge is 2.35. The largest absolute Gasteiger partial charge is 0.485 e. The topological polar surface area (TPSA) is 121 Å². The molecule has 0 fully saturated rings. The van der Waals surface area contributed by atoms with Gasteiger partial charge in [0.1, 0.15) is 39.3 Å². The normalized spacial score (nSPS) is 11.5. The average Bonchev–Trinajstić information content (AvgIpc) is 3.68. The number of fused-ring (bicyclic) bond motifs is 1. The molecule has 4 heterocycles. The number of aromatic nitrogens is 1. The minimum Gasteiger partial charge on any atom is -0.485 e. The van der Waals surface area contributed by atoms with E-state index in [1.165, 1.54) is 24.5 Å². The Kier molecular flexibility index (Phi) is 7.18. The lowest BCUT2D eigenvalue weighted by molar-refractivity contribution is -0.140. The van der Waals surface area contributed by atoms with E-state index in [9.17, 15) is 22.8 Å². The van der Waals surface area contributed by atoms with Crippen molar-refractivity contribution in [1.82, 2.24) is 4.98 Å². The smallest absolute Gasteiger partial charge is 0.433 e. The molecule has 0 bridgehead atoms. The van der Waals surface area contributed by atoms with Crippen molar-refractivity contribution in [3.05, 3.63) is 101 Å². The summed E-state index contributed by atoms with van der Waals surface area (Å²) in [4.78, 5) is 28.7. The predicted molar refractivity (Wildman–Crippen MR) is 142 cm³/mol. The van der Waals surface area contributed by atoms with E-state index >= 15 is 0 Å². The molecule has 0 unspecified atom stereocenters. The van der Waals surface area contributed by atoms with Crippen LogP contribution < -0.4 is 15.8 Å². The zero-order valence-corrected chi connectivity index (χ0v) is 21.4. The maximum absolute atomic E-state index is 13.6. The number of pyridine rings is 1. The molecule has 0 radical (unpaired) electrons. The third kappa shape index (κ3) is 5.34. The number of carbonyl (C=O) groups excluding carboxylic acids is 2. The van der Waals surface area contributed by atoms with Crippen LogP contribution in [0.1, 0.15) is 37.2 Å². The van der Waals surface area contributed by atoms with Gasteiger partial charge in [-0.1, -0.05) is 24.3 Å². The minimum atomic E-state index is -4.77. The molecule has 40 heavy (non-hydrogen) atoms. The molecule has 5 aromatic rings. The molecule has 0 saturated heterocycles. The van der Waals surface area contributed by atoms with Crippen molar-refractivity contribution in [2.75, 3.05) is 5.32 Å². The van der Waals surface area contributed by atoms with E-state index in [1.807, 2.05) is 18.2 Å². The highest BCUT2D eigenvalue weighted by atomic mass is 32.1. The molecular formula is C28H20F3N3O5S. The number of thiophene rings is 1. The summed E-state index contributed by atoms with van der Waals surface area (Å²) in [5.74, 6) is -0.772. The molecular weight excluding hydrogens is 547 g/mol. The fourth-order valence-electron chi connectivity index (χ4n) is 4.03. The summed E-state index contributed by atoms with van der Waals surface area (Å²) in [6.45, 7) is 3.76. The van der Waals surface area contributed by atoms with Crippen LogP contribution in [0.15, 0.2) is 82.3 Å². The van der Waals surface area contributed by atoms with Gasteiger partial charge in [-0.2, -0.15) is 13.2 Å². The number of furan rings is 2. The number of amides is 2. The Labute approximate surface area is 228 Å². The fourth-order valence-corrected chi connectivity index (χ4v) is 5.04. The molecule has 0 spiro atoms. The Bertz CT molecular complexity index is 1720. The third-order valence-electron chi connectivity index (χ3n) is 5.79. The second-order valence-electron chi connectivity index (χ2n) is 8.49. The fraction of sp³-hybridized carbons (Fsp3) is 0.107. The van der Waals surface area contributed by atoms with E-state index in [2.05, 4.69) is 16.9 Å². The lowest BCUT2D eigenvalue weighted by atomic mass is 10.1. The number of carbonyl (C=O) groups is 2. The molecule has 12 heteroatoms. The lowest BCUT2D eigenvalue weighted by Gasteiger charge is -2.10. The number of allylic oxidation sites excluding steroid dienone is 1. The molecule has 2 amide bonds. The van der Waals surface area contributed by atoms with Gasteiger partial charge in [-0.3, -0.25) is 9.59 Å². The number of hydrogen-bond donors (Lipinski definition) is 2. The van der Waals surface area contributed by atoms with Gasteiger partial charge in [-0.05, 0) is 48.4 Å². The monoisotopic (exact) mass is 567 g/mol.